The lowest BCUT2D eigenvalue weighted by Crippen LogP contribution is -2.45. The molecule has 3 rings (SSSR count). The number of nitrogens with zero attached hydrogens (tertiary/aromatic N) is 1. The van der Waals surface area contributed by atoms with Crippen LogP contribution < -0.4 is 10.2 Å². The molecule has 1 atom stereocenters. The zero-order valence-corrected chi connectivity index (χ0v) is 13.6. The van der Waals surface area contributed by atoms with Crippen molar-refractivity contribution in [1.82, 2.24) is 5.32 Å². The Bertz CT molecular complexity index is 700. The van der Waals surface area contributed by atoms with Crippen LogP contribution in [0.25, 0.3) is 0 Å². The quantitative estimate of drug-likeness (QED) is 0.915. The molecular weight excluding hydrogens is 312 g/mol. The van der Waals surface area contributed by atoms with E-state index >= 15 is 0 Å². The average molecular weight is 330 g/mol. The summed E-state index contributed by atoms with van der Waals surface area (Å²) in [5.74, 6) is 0.988. The van der Waals surface area contributed by atoms with Crippen LogP contribution in [-0.2, 0) is 16.0 Å². The van der Waals surface area contributed by atoms with E-state index in [2.05, 4.69) is 5.32 Å². The molecule has 5 nitrogen and oxygen atoms in total. The van der Waals surface area contributed by atoms with Crippen molar-refractivity contribution in [3.63, 3.8) is 0 Å². The summed E-state index contributed by atoms with van der Waals surface area (Å²) in [7, 11) is 0. The molecule has 0 fully saturated rings. The van der Waals surface area contributed by atoms with E-state index < -0.39 is 0 Å². The third-order valence-corrected chi connectivity index (χ3v) is 4.65. The van der Waals surface area contributed by atoms with Crippen LogP contribution in [0.2, 0.25) is 0 Å². The van der Waals surface area contributed by atoms with Gasteiger partial charge < -0.3 is 14.6 Å². The summed E-state index contributed by atoms with van der Waals surface area (Å²) in [6.07, 6.45) is 2.24. The van der Waals surface area contributed by atoms with Crippen LogP contribution in [0.3, 0.4) is 0 Å². The number of fused-ring (bicyclic) bond motifs is 1. The van der Waals surface area contributed by atoms with E-state index in [1.54, 1.807) is 11.2 Å². The number of para-hydroxylation sites is 1. The van der Waals surface area contributed by atoms with Gasteiger partial charge in [0.15, 0.2) is 0 Å². The summed E-state index contributed by atoms with van der Waals surface area (Å²) in [4.78, 5) is 27.0. The van der Waals surface area contributed by atoms with Gasteiger partial charge in [-0.1, -0.05) is 12.1 Å². The molecule has 1 aromatic carbocycles. The lowest BCUT2D eigenvalue weighted by Gasteiger charge is -2.28. The van der Waals surface area contributed by atoms with Gasteiger partial charge in [-0.3, -0.25) is 9.59 Å². The Morgan fingerprint density at radius 3 is 2.96 bits per heavy atom. The maximum Gasteiger partial charge on any atom is 0.240 e. The summed E-state index contributed by atoms with van der Waals surface area (Å²) < 4.78 is 5.28. The SMILES string of the molecule is C[C@H](Cc1ccco1)NC(=O)CN1C(=O)CSc2ccccc21. The molecule has 0 spiro atoms. The molecule has 0 aliphatic carbocycles. The highest BCUT2D eigenvalue weighted by atomic mass is 32.2. The summed E-state index contributed by atoms with van der Waals surface area (Å²) in [5, 5.41) is 2.92. The van der Waals surface area contributed by atoms with E-state index in [1.165, 1.54) is 11.8 Å². The molecule has 0 radical (unpaired) electrons. The van der Waals surface area contributed by atoms with Gasteiger partial charge in [0.25, 0.3) is 0 Å². The second kappa shape index (κ2) is 6.91. The number of carbonyl (C=O) groups is 2. The molecule has 1 aromatic heterocycles. The molecule has 2 amide bonds. The number of furan rings is 1. The number of hydrogen-bond acceptors (Lipinski definition) is 4. The van der Waals surface area contributed by atoms with E-state index in [-0.39, 0.29) is 24.4 Å². The number of benzene rings is 1. The fourth-order valence-corrected chi connectivity index (χ4v) is 3.51. The fraction of sp³-hybridized carbons (Fsp3) is 0.294. The average Bonchev–Trinajstić information content (AvgIpc) is 3.03. The number of rotatable bonds is 5. The molecule has 2 aromatic rings. The van der Waals surface area contributed by atoms with Gasteiger partial charge in [-0.25, -0.2) is 0 Å². The first kappa shape index (κ1) is 15.7. The molecule has 0 bridgehead atoms. The number of amides is 2. The maximum atomic E-state index is 12.3. The number of anilines is 1. The molecule has 0 unspecified atom stereocenters. The summed E-state index contributed by atoms with van der Waals surface area (Å²) in [5.41, 5.74) is 0.808. The molecule has 23 heavy (non-hydrogen) atoms. The van der Waals surface area contributed by atoms with Gasteiger partial charge in [-0.15, -0.1) is 11.8 Å². The lowest BCUT2D eigenvalue weighted by molar-refractivity contribution is -0.123. The standard InChI is InChI=1S/C17H18N2O3S/c1-12(9-13-5-4-8-22-13)18-16(20)10-19-14-6-2-3-7-15(14)23-11-17(19)21/h2-8,12H,9-11H2,1H3,(H,18,20)/t12-/m1/s1. The molecule has 120 valence electrons. The number of thioether (sulfide) groups is 1. The molecule has 1 aliphatic rings. The Hall–Kier alpha value is -2.21. The molecule has 1 N–H and O–H groups in total. The van der Waals surface area contributed by atoms with Crippen molar-refractivity contribution in [2.24, 2.45) is 0 Å². The van der Waals surface area contributed by atoms with Crippen molar-refractivity contribution in [3.05, 3.63) is 48.4 Å². The highest BCUT2D eigenvalue weighted by Gasteiger charge is 2.26. The van der Waals surface area contributed by atoms with Crippen molar-refractivity contribution in [1.29, 1.82) is 0 Å². The molecule has 0 saturated heterocycles. The Morgan fingerprint density at radius 2 is 2.17 bits per heavy atom. The zero-order valence-electron chi connectivity index (χ0n) is 12.8. The van der Waals surface area contributed by atoms with Crippen molar-refractivity contribution >= 4 is 29.3 Å². The second-order valence-corrected chi connectivity index (χ2v) is 6.51. The van der Waals surface area contributed by atoms with Gasteiger partial charge in [0, 0.05) is 17.4 Å². The van der Waals surface area contributed by atoms with Crippen molar-refractivity contribution in [2.45, 2.75) is 24.3 Å². The molecular formula is C17H18N2O3S. The van der Waals surface area contributed by atoms with Gasteiger partial charge in [0.1, 0.15) is 12.3 Å². The van der Waals surface area contributed by atoms with Gasteiger partial charge in [-0.2, -0.15) is 0 Å². The molecule has 2 heterocycles. The monoisotopic (exact) mass is 330 g/mol. The Morgan fingerprint density at radius 1 is 1.35 bits per heavy atom. The highest BCUT2D eigenvalue weighted by molar-refractivity contribution is 8.00. The van der Waals surface area contributed by atoms with Crippen LogP contribution in [0.5, 0.6) is 0 Å². The van der Waals surface area contributed by atoms with Crippen LogP contribution in [0, 0.1) is 0 Å². The van der Waals surface area contributed by atoms with Crippen LogP contribution in [-0.4, -0.2) is 30.2 Å². The van der Waals surface area contributed by atoms with Crippen LogP contribution in [0.1, 0.15) is 12.7 Å². The lowest BCUT2D eigenvalue weighted by atomic mass is 10.2. The number of carbonyl (C=O) groups excluding carboxylic acids is 2. The third kappa shape index (κ3) is 3.76. The first-order chi connectivity index (χ1) is 11.1. The first-order valence-corrected chi connectivity index (χ1v) is 8.46. The molecule has 6 heteroatoms. The van der Waals surface area contributed by atoms with Crippen LogP contribution in [0.15, 0.2) is 52.0 Å². The summed E-state index contributed by atoms with van der Waals surface area (Å²) >= 11 is 1.51. The second-order valence-electron chi connectivity index (χ2n) is 5.49. The van der Waals surface area contributed by atoms with E-state index in [0.717, 1.165) is 16.3 Å². The van der Waals surface area contributed by atoms with Gasteiger partial charge in [-0.05, 0) is 31.2 Å². The summed E-state index contributed by atoms with van der Waals surface area (Å²) in [6, 6.07) is 11.3. The molecule has 0 saturated carbocycles. The Balaban J connectivity index is 1.62. The minimum Gasteiger partial charge on any atom is -0.469 e. The molecule has 1 aliphatic heterocycles. The number of nitrogens with one attached hydrogen (secondary N) is 1. The Kier molecular flexibility index (Phi) is 4.71. The van der Waals surface area contributed by atoms with Crippen LogP contribution >= 0.6 is 11.8 Å². The largest absolute Gasteiger partial charge is 0.469 e. The number of hydrogen-bond donors (Lipinski definition) is 1. The van der Waals surface area contributed by atoms with Gasteiger partial charge in [0.2, 0.25) is 11.8 Å². The van der Waals surface area contributed by atoms with Crippen molar-refractivity contribution in [2.75, 3.05) is 17.2 Å². The smallest absolute Gasteiger partial charge is 0.240 e. The minimum atomic E-state index is -0.167. The van der Waals surface area contributed by atoms with E-state index in [9.17, 15) is 9.59 Å². The third-order valence-electron chi connectivity index (χ3n) is 3.60. The minimum absolute atomic E-state index is 0.0393. The van der Waals surface area contributed by atoms with E-state index in [1.807, 2.05) is 43.3 Å². The first-order valence-electron chi connectivity index (χ1n) is 7.47. The van der Waals surface area contributed by atoms with Crippen molar-refractivity contribution in [3.8, 4) is 0 Å². The van der Waals surface area contributed by atoms with Crippen LogP contribution in [0.4, 0.5) is 5.69 Å². The zero-order chi connectivity index (χ0) is 16.2. The van der Waals surface area contributed by atoms with Gasteiger partial charge >= 0.3 is 0 Å². The van der Waals surface area contributed by atoms with Gasteiger partial charge in [0.05, 0.1) is 17.7 Å². The topological polar surface area (TPSA) is 62.6 Å². The maximum absolute atomic E-state index is 12.3. The highest BCUT2D eigenvalue weighted by Crippen LogP contribution is 2.34. The van der Waals surface area contributed by atoms with Crippen molar-refractivity contribution < 1.29 is 14.0 Å². The normalized spacial score (nSPS) is 15.2. The van der Waals surface area contributed by atoms with E-state index in [0.29, 0.717) is 12.2 Å². The van der Waals surface area contributed by atoms with E-state index in [4.69, 9.17) is 4.42 Å². The summed E-state index contributed by atoms with van der Waals surface area (Å²) in [6.45, 7) is 1.96. The predicted octanol–water partition coefficient (Wildman–Crippen LogP) is 2.47. The Labute approximate surface area is 139 Å². The predicted molar refractivity (Wildman–Crippen MR) is 89.5 cm³/mol. The fourth-order valence-electron chi connectivity index (χ4n) is 2.57.